The third-order valence-corrected chi connectivity index (χ3v) is 3.61. The zero-order valence-corrected chi connectivity index (χ0v) is 11.5. The SMILES string of the molecule is CN1CCN(Cc2cc(F)ccc2F)CC(C(N)=O)C1. The van der Waals surface area contributed by atoms with E-state index >= 15 is 0 Å². The number of carbonyl (C=O) groups is 1. The number of nitrogens with zero attached hydrogens (tertiary/aromatic N) is 2. The van der Waals surface area contributed by atoms with Crippen molar-refractivity contribution in [1.29, 1.82) is 0 Å². The minimum Gasteiger partial charge on any atom is -0.369 e. The lowest BCUT2D eigenvalue weighted by atomic mass is 10.1. The smallest absolute Gasteiger partial charge is 0.223 e. The largest absolute Gasteiger partial charge is 0.369 e. The quantitative estimate of drug-likeness (QED) is 0.893. The molecule has 1 unspecified atom stereocenters. The highest BCUT2D eigenvalue weighted by Crippen LogP contribution is 2.15. The van der Waals surface area contributed by atoms with Crippen LogP contribution in [0.25, 0.3) is 0 Å². The van der Waals surface area contributed by atoms with Crippen LogP contribution in [-0.4, -0.2) is 48.9 Å². The van der Waals surface area contributed by atoms with E-state index in [0.717, 1.165) is 18.7 Å². The first-order chi connectivity index (χ1) is 9.45. The molecule has 4 nitrogen and oxygen atoms in total. The average Bonchev–Trinajstić information content (AvgIpc) is 2.56. The molecule has 1 amide bonds. The maximum Gasteiger partial charge on any atom is 0.223 e. The van der Waals surface area contributed by atoms with Gasteiger partial charge in [0, 0.05) is 38.3 Å². The number of nitrogens with two attached hydrogens (primary N) is 1. The first-order valence-corrected chi connectivity index (χ1v) is 6.60. The van der Waals surface area contributed by atoms with Crippen molar-refractivity contribution in [3.05, 3.63) is 35.4 Å². The van der Waals surface area contributed by atoms with Crippen LogP contribution in [0.15, 0.2) is 18.2 Å². The van der Waals surface area contributed by atoms with Gasteiger partial charge < -0.3 is 10.6 Å². The summed E-state index contributed by atoms with van der Waals surface area (Å²) in [5.41, 5.74) is 5.69. The predicted octanol–water partition coefficient (Wildman–Crippen LogP) is 0.814. The summed E-state index contributed by atoms with van der Waals surface area (Å²) in [6, 6.07) is 3.42. The van der Waals surface area contributed by atoms with Gasteiger partial charge in [0.15, 0.2) is 0 Å². The van der Waals surface area contributed by atoms with E-state index in [-0.39, 0.29) is 18.4 Å². The zero-order chi connectivity index (χ0) is 14.7. The molecule has 0 bridgehead atoms. The number of likely N-dealkylation sites (N-methyl/N-ethyl adjacent to an activating group) is 1. The zero-order valence-electron chi connectivity index (χ0n) is 11.5. The molecule has 0 spiro atoms. The third kappa shape index (κ3) is 3.74. The van der Waals surface area contributed by atoms with Crippen LogP contribution in [-0.2, 0) is 11.3 Å². The highest BCUT2D eigenvalue weighted by molar-refractivity contribution is 5.77. The second-order valence-electron chi connectivity index (χ2n) is 5.33. The fourth-order valence-corrected chi connectivity index (χ4v) is 2.47. The topological polar surface area (TPSA) is 49.6 Å². The van der Waals surface area contributed by atoms with Gasteiger partial charge >= 0.3 is 0 Å². The van der Waals surface area contributed by atoms with Gasteiger partial charge in [0.2, 0.25) is 5.91 Å². The molecule has 1 aromatic rings. The van der Waals surface area contributed by atoms with Crippen LogP contribution in [0, 0.1) is 17.6 Å². The van der Waals surface area contributed by atoms with Gasteiger partial charge in [-0.3, -0.25) is 9.69 Å². The minimum atomic E-state index is -0.459. The molecule has 0 saturated carbocycles. The molecular weight excluding hydrogens is 264 g/mol. The van der Waals surface area contributed by atoms with Gasteiger partial charge in [0.05, 0.1) is 5.92 Å². The molecule has 1 aliphatic heterocycles. The summed E-state index contributed by atoms with van der Waals surface area (Å²) in [4.78, 5) is 15.4. The number of rotatable bonds is 3. The van der Waals surface area contributed by atoms with Gasteiger partial charge in [-0.05, 0) is 25.2 Å². The van der Waals surface area contributed by atoms with Gasteiger partial charge in [-0.1, -0.05) is 0 Å². The maximum atomic E-state index is 13.7. The Labute approximate surface area is 117 Å². The van der Waals surface area contributed by atoms with E-state index in [4.69, 9.17) is 5.73 Å². The summed E-state index contributed by atoms with van der Waals surface area (Å²) >= 11 is 0. The van der Waals surface area contributed by atoms with Crippen molar-refractivity contribution in [2.24, 2.45) is 11.7 Å². The van der Waals surface area contributed by atoms with E-state index in [1.54, 1.807) is 0 Å². The average molecular weight is 283 g/mol. The Morgan fingerprint density at radius 2 is 2.10 bits per heavy atom. The molecule has 1 aromatic carbocycles. The van der Waals surface area contributed by atoms with Crippen LogP contribution in [0.3, 0.4) is 0 Å². The van der Waals surface area contributed by atoms with E-state index in [9.17, 15) is 13.6 Å². The summed E-state index contributed by atoms with van der Waals surface area (Å²) in [6.45, 7) is 2.80. The number of primary amides is 1. The lowest BCUT2D eigenvalue weighted by Crippen LogP contribution is -2.37. The normalized spacial score (nSPS) is 21.6. The first kappa shape index (κ1) is 14.9. The van der Waals surface area contributed by atoms with Crippen molar-refractivity contribution >= 4 is 5.91 Å². The number of carbonyl (C=O) groups excluding carboxylic acids is 1. The van der Waals surface area contributed by atoms with E-state index in [2.05, 4.69) is 0 Å². The van der Waals surface area contributed by atoms with E-state index < -0.39 is 11.6 Å². The Bertz CT molecular complexity index is 495. The molecule has 2 N–H and O–H groups in total. The van der Waals surface area contributed by atoms with Crippen LogP contribution in [0.2, 0.25) is 0 Å². The molecule has 110 valence electrons. The molecular formula is C14H19F2N3O. The lowest BCUT2D eigenvalue weighted by molar-refractivity contribution is -0.122. The Morgan fingerprint density at radius 1 is 1.35 bits per heavy atom. The van der Waals surface area contributed by atoms with Gasteiger partial charge in [-0.2, -0.15) is 0 Å². The second-order valence-corrected chi connectivity index (χ2v) is 5.33. The fourth-order valence-electron chi connectivity index (χ4n) is 2.47. The molecule has 2 rings (SSSR count). The minimum absolute atomic E-state index is 0.279. The molecule has 1 heterocycles. The standard InChI is InChI=1S/C14H19F2N3O/c1-18-4-5-19(9-11(7-18)14(17)20)8-10-6-12(15)2-3-13(10)16/h2-3,6,11H,4-5,7-9H2,1H3,(H2,17,20). The molecule has 0 aromatic heterocycles. The van der Waals surface area contributed by atoms with Crippen molar-refractivity contribution in [3.8, 4) is 0 Å². The number of hydrogen-bond donors (Lipinski definition) is 1. The van der Waals surface area contributed by atoms with Gasteiger partial charge in [-0.15, -0.1) is 0 Å². The molecule has 1 aliphatic rings. The summed E-state index contributed by atoms with van der Waals surface area (Å²) in [7, 11) is 1.92. The van der Waals surface area contributed by atoms with Crippen LogP contribution in [0.5, 0.6) is 0 Å². The summed E-state index contributed by atoms with van der Waals surface area (Å²) in [5, 5.41) is 0. The molecule has 20 heavy (non-hydrogen) atoms. The predicted molar refractivity (Wildman–Crippen MR) is 71.8 cm³/mol. The van der Waals surface area contributed by atoms with Crippen molar-refractivity contribution in [1.82, 2.24) is 9.80 Å². The second kappa shape index (κ2) is 6.28. The Kier molecular flexibility index (Phi) is 4.67. The van der Waals surface area contributed by atoms with E-state index in [1.807, 2.05) is 16.8 Å². The number of amides is 1. The van der Waals surface area contributed by atoms with Crippen molar-refractivity contribution in [2.45, 2.75) is 6.54 Å². The molecule has 1 atom stereocenters. The first-order valence-electron chi connectivity index (χ1n) is 6.60. The van der Waals surface area contributed by atoms with Crippen molar-refractivity contribution < 1.29 is 13.6 Å². The number of hydrogen-bond acceptors (Lipinski definition) is 3. The molecule has 6 heteroatoms. The summed E-state index contributed by atoms with van der Waals surface area (Å²) < 4.78 is 26.8. The van der Waals surface area contributed by atoms with Crippen molar-refractivity contribution in [2.75, 3.05) is 33.2 Å². The number of halogens is 2. The van der Waals surface area contributed by atoms with Gasteiger partial charge in [0.1, 0.15) is 11.6 Å². The summed E-state index contributed by atoms with van der Waals surface area (Å²) in [5.74, 6) is -1.54. The van der Waals surface area contributed by atoms with Crippen LogP contribution < -0.4 is 5.73 Å². The molecule has 1 fully saturated rings. The Morgan fingerprint density at radius 3 is 2.80 bits per heavy atom. The fraction of sp³-hybridized carbons (Fsp3) is 0.500. The number of benzene rings is 1. The Balaban J connectivity index is 2.11. The van der Waals surface area contributed by atoms with E-state index in [1.165, 1.54) is 6.07 Å². The van der Waals surface area contributed by atoms with Crippen LogP contribution in [0.4, 0.5) is 8.78 Å². The Hall–Kier alpha value is -1.53. The van der Waals surface area contributed by atoms with Crippen LogP contribution >= 0.6 is 0 Å². The third-order valence-electron chi connectivity index (χ3n) is 3.61. The molecule has 0 aliphatic carbocycles. The van der Waals surface area contributed by atoms with Crippen LogP contribution in [0.1, 0.15) is 5.56 Å². The highest BCUT2D eigenvalue weighted by atomic mass is 19.1. The lowest BCUT2D eigenvalue weighted by Gasteiger charge is -2.22. The molecule has 0 radical (unpaired) electrons. The highest BCUT2D eigenvalue weighted by Gasteiger charge is 2.25. The van der Waals surface area contributed by atoms with Gasteiger partial charge in [0.25, 0.3) is 0 Å². The molecule has 1 saturated heterocycles. The monoisotopic (exact) mass is 283 g/mol. The van der Waals surface area contributed by atoms with Crippen molar-refractivity contribution in [3.63, 3.8) is 0 Å². The van der Waals surface area contributed by atoms with Gasteiger partial charge in [-0.25, -0.2) is 8.78 Å². The maximum absolute atomic E-state index is 13.7. The van der Waals surface area contributed by atoms with E-state index in [0.29, 0.717) is 25.2 Å². The summed E-state index contributed by atoms with van der Waals surface area (Å²) in [6.07, 6.45) is 0.